The van der Waals surface area contributed by atoms with Gasteiger partial charge in [-0.25, -0.2) is 9.97 Å². The maximum absolute atomic E-state index is 13.2. The van der Waals surface area contributed by atoms with Crippen molar-refractivity contribution in [2.24, 2.45) is 10.7 Å². The lowest BCUT2D eigenvalue weighted by molar-refractivity contribution is -0.00409. The van der Waals surface area contributed by atoms with Gasteiger partial charge in [-0.15, -0.1) is 0 Å². The van der Waals surface area contributed by atoms with Gasteiger partial charge in [-0.2, -0.15) is 0 Å². The molecular weight excluding hydrogens is 420 g/mol. The Bertz CT molecular complexity index is 988. The number of aromatic nitrogens is 3. The van der Waals surface area contributed by atoms with Crippen molar-refractivity contribution >= 4 is 17.2 Å². The highest BCUT2D eigenvalue weighted by Gasteiger charge is 2.24. The summed E-state index contributed by atoms with van der Waals surface area (Å²) in [5.74, 6) is 0.384. The number of carbonyl (C=O) groups is 1. The molecule has 9 nitrogen and oxygen atoms in total. The van der Waals surface area contributed by atoms with Crippen LogP contribution in [-0.2, 0) is 9.47 Å². The second kappa shape index (κ2) is 11.7. The molecule has 1 aliphatic carbocycles. The molecule has 178 valence electrons. The number of imidazole rings is 1. The zero-order chi connectivity index (χ0) is 23.8. The summed E-state index contributed by atoms with van der Waals surface area (Å²) < 4.78 is 12.6. The second-order valence-electron chi connectivity index (χ2n) is 8.25. The fourth-order valence-electron chi connectivity index (χ4n) is 4.07. The largest absolute Gasteiger partial charge is 0.402 e. The van der Waals surface area contributed by atoms with Crippen LogP contribution in [0.2, 0.25) is 0 Å². The van der Waals surface area contributed by atoms with Crippen LogP contribution in [0.3, 0.4) is 0 Å². The van der Waals surface area contributed by atoms with E-state index in [9.17, 15) is 4.79 Å². The SMILES string of the molecule is CN=C(C)/C(=C(/C)N)c1cc(C(=O)NC2CCC(OCCOC)CC2)nc(-n2ccnc2)c1. The molecule has 0 spiro atoms. The Hall–Kier alpha value is -3.04. The van der Waals surface area contributed by atoms with Gasteiger partial charge in [0, 0.05) is 49.6 Å². The smallest absolute Gasteiger partial charge is 0.270 e. The van der Waals surface area contributed by atoms with Crippen molar-refractivity contribution in [3.63, 3.8) is 0 Å². The number of hydrogen-bond donors (Lipinski definition) is 2. The Morgan fingerprint density at radius 1 is 1.24 bits per heavy atom. The number of aliphatic imine (C=N–C) groups is 1. The summed E-state index contributed by atoms with van der Waals surface area (Å²) in [7, 11) is 3.39. The van der Waals surface area contributed by atoms with Crippen LogP contribution in [0.15, 0.2) is 41.5 Å². The molecule has 1 fully saturated rings. The molecule has 1 aliphatic rings. The summed E-state index contributed by atoms with van der Waals surface area (Å²) in [6, 6.07) is 3.75. The molecule has 0 atom stereocenters. The number of hydrogen-bond acceptors (Lipinski definition) is 7. The molecule has 0 bridgehead atoms. The maximum Gasteiger partial charge on any atom is 0.270 e. The summed E-state index contributed by atoms with van der Waals surface area (Å²) >= 11 is 0. The Morgan fingerprint density at radius 2 is 2.00 bits per heavy atom. The first-order valence-corrected chi connectivity index (χ1v) is 11.2. The van der Waals surface area contributed by atoms with Crippen molar-refractivity contribution in [3.8, 4) is 5.82 Å². The van der Waals surface area contributed by atoms with Gasteiger partial charge in [-0.1, -0.05) is 0 Å². The standard InChI is InChI=1S/C24H34N6O3/c1-16(25)23(17(2)26-3)18-13-21(29-22(14-18)30-10-9-27-15-30)24(31)28-19-5-7-20(8-6-19)33-12-11-32-4/h9-10,13-15,19-20H,5-8,11-12,25H2,1-4H3,(H,28,31)/b23-16+,26-17?. The van der Waals surface area contributed by atoms with Crippen molar-refractivity contribution in [2.75, 3.05) is 27.4 Å². The van der Waals surface area contributed by atoms with E-state index in [2.05, 4.69) is 20.3 Å². The molecule has 3 rings (SSSR count). The first kappa shape index (κ1) is 24.6. The van der Waals surface area contributed by atoms with Crippen LogP contribution in [0.25, 0.3) is 11.4 Å². The van der Waals surface area contributed by atoms with Crippen LogP contribution in [0, 0.1) is 0 Å². The molecule has 0 aliphatic heterocycles. The van der Waals surface area contributed by atoms with Crippen LogP contribution >= 0.6 is 0 Å². The van der Waals surface area contributed by atoms with Crippen LogP contribution in [0.1, 0.15) is 55.6 Å². The number of amides is 1. The monoisotopic (exact) mass is 454 g/mol. The van der Waals surface area contributed by atoms with Gasteiger partial charge in [0.15, 0.2) is 0 Å². The van der Waals surface area contributed by atoms with Gasteiger partial charge in [0.25, 0.3) is 5.91 Å². The third-order valence-electron chi connectivity index (χ3n) is 5.84. The number of methoxy groups -OCH3 is 1. The van der Waals surface area contributed by atoms with Crippen LogP contribution in [0.4, 0.5) is 0 Å². The zero-order valence-electron chi connectivity index (χ0n) is 19.9. The number of nitrogens with zero attached hydrogens (tertiary/aromatic N) is 4. The van der Waals surface area contributed by atoms with Crippen LogP contribution in [0.5, 0.6) is 0 Å². The lowest BCUT2D eigenvalue weighted by atomic mass is 9.92. The van der Waals surface area contributed by atoms with Crippen molar-refractivity contribution in [2.45, 2.75) is 51.7 Å². The summed E-state index contributed by atoms with van der Waals surface area (Å²) in [4.78, 5) is 26.2. The minimum absolute atomic E-state index is 0.0899. The molecule has 1 amide bonds. The molecular formula is C24H34N6O3. The highest BCUT2D eigenvalue weighted by molar-refractivity contribution is 6.23. The van der Waals surface area contributed by atoms with Crippen LogP contribution < -0.4 is 11.1 Å². The number of nitrogens with one attached hydrogen (secondary N) is 1. The average Bonchev–Trinajstić information content (AvgIpc) is 3.35. The van der Waals surface area contributed by atoms with E-state index < -0.39 is 0 Å². The summed E-state index contributed by atoms with van der Waals surface area (Å²) in [5.41, 5.74) is 9.51. The average molecular weight is 455 g/mol. The van der Waals surface area contributed by atoms with E-state index in [-0.39, 0.29) is 18.1 Å². The predicted molar refractivity (Wildman–Crippen MR) is 129 cm³/mol. The third kappa shape index (κ3) is 6.49. The highest BCUT2D eigenvalue weighted by Crippen LogP contribution is 2.24. The molecule has 0 unspecified atom stereocenters. The predicted octanol–water partition coefficient (Wildman–Crippen LogP) is 2.75. The maximum atomic E-state index is 13.2. The molecule has 0 radical (unpaired) electrons. The Balaban J connectivity index is 1.80. The molecule has 2 aromatic rings. The van der Waals surface area contributed by atoms with Gasteiger partial charge in [-0.05, 0) is 57.2 Å². The van der Waals surface area contributed by atoms with E-state index in [1.807, 2.05) is 19.9 Å². The fraction of sp³-hybridized carbons (Fsp3) is 0.500. The number of allylic oxidation sites excluding steroid dienone is 2. The molecule has 33 heavy (non-hydrogen) atoms. The topological polar surface area (TPSA) is 117 Å². The van der Waals surface area contributed by atoms with E-state index in [4.69, 9.17) is 15.2 Å². The minimum atomic E-state index is -0.206. The van der Waals surface area contributed by atoms with E-state index in [0.717, 1.165) is 42.5 Å². The Kier molecular flexibility index (Phi) is 8.73. The molecule has 2 heterocycles. The summed E-state index contributed by atoms with van der Waals surface area (Å²) in [5, 5.41) is 3.15. The van der Waals surface area contributed by atoms with Crippen molar-refractivity contribution < 1.29 is 14.3 Å². The molecule has 2 aromatic heterocycles. The van der Waals surface area contributed by atoms with Gasteiger partial charge < -0.3 is 20.5 Å². The number of ether oxygens (including phenoxy) is 2. The quantitative estimate of drug-likeness (QED) is 0.444. The summed E-state index contributed by atoms with van der Waals surface area (Å²) in [6.45, 7) is 4.92. The lowest BCUT2D eigenvalue weighted by Crippen LogP contribution is -2.39. The molecule has 9 heteroatoms. The third-order valence-corrected chi connectivity index (χ3v) is 5.84. The number of rotatable bonds is 9. The summed E-state index contributed by atoms with van der Waals surface area (Å²) in [6.07, 6.45) is 8.89. The minimum Gasteiger partial charge on any atom is -0.402 e. The van der Waals surface area contributed by atoms with E-state index in [1.54, 1.807) is 43.5 Å². The molecule has 0 saturated heterocycles. The van der Waals surface area contributed by atoms with Gasteiger partial charge >= 0.3 is 0 Å². The normalized spacial score (nSPS) is 19.8. The van der Waals surface area contributed by atoms with Gasteiger partial charge in [-0.3, -0.25) is 14.4 Å². The van der Waals surface area contributed by atoms with Gasteiger partial charge in [0.05, 0.1) is 19.3 Å². The lowest BCUT2D eigenvalue weighted by Gasteiger charge is -2.29. The number of nitrogens with two attached hydrogens (primary N) is 1. The first-order valence-electron chi connectivity index (χ1n) is 11.2. The van der Waals surface area contributed by atoms with E-state index >= 15 is 0 Å². The van der Waals surface area contributed by atoms with Crippen molar-refractivity contribution in [3.05, 3.63) is 47.8 Å². The zero-order valence-corrected chi connectivity index (χ0v) is 19.9. The Labute approximate surface area is 195 Å². The Morgan fingerprint density at radius 3 is 2.61 bits per heavy atom. The van der Waals surface area contributed by atoms with E-state index in [1.165, 1.54) is 0 Å². The van der Waals surface area contributed by atoms with Crippen molar-refractivity contribution in [1.29, 1.82) is 0 Å². The van der Waals surface area contributed by atoms with Crippen LogP contribution in [-0.4, -0.2) is 65.7 Å². The first-order chi connectivity index (χ1) is 15.9. The number of carbonyl (C=O) groups excluding carboxylic acids is 1. The van der Waals surface area contributed by atoms with Crippen molar-refractivity contribution in [1.82, 2.24) is 19.9 Å². The molecule has 1 saturated carbocycles. The van der Waals surface area contributed by atoms with E-state index in [0.29, 0.717) is 30.4 Å². The highest BCUT2D eigenvalue weighted by atomic mass is 16.5. The second-order valence-corrected chi connectivity index (χ2v) is 8.25. The van der Waals surface area contributed by atoms with Gasteiger partial charge in [0.1, 0.15) is 17.8 Å². The van der Waals surface area contributed by atoms with Gasteiger partial charge in [0.2, 0.25) is 0 Å². The fourth-order valence-corrected chi connectivity index (χ4v) is 4.07. The number of pyridine rings is 1. The molecule has 3 N–H and O–H groups in total. The molecule has 0 aromatic carbocycles.